The molecule has 0 saturated heterocycles. The SMILES string of the molecule is Cc1ccc2c(C(=O)O)nc(Cc3cccs3)n2c1. The molecule has 0 amide bonds. The fourth-order valence-corrected chi connectivity index (χ4v) is 2.81. The Morgan fingerprint density at radius 2 is 2.26 bits per heavy atom. The normalized spacial score (nSPS) is 11.0. The zero-order valence-electron chi connectivity index (χ0n) is 10.3. The molecule has 4 nitrogen and oxygen atoms in total. The molecule has 5 heteroatoms. The molecule has 3 rings (SSSR count). The average Bonchev–Trinajstić information content (AvgIpc) is 2.98. The van der Waals surface area contributed by atoms with Crippen molar-refractivity contribution in [3.8, 4) is 0 Å². The van der Waals surface area contributed by atoms with E-state index >= 15 is 0 Å². The van der Waals surface area contributed by atoms with Crippen LogP contribution in [0.1, 0.15) is 26.8 Å². The van der Waals surface area contributed by atoms with Crippen LogP contribution in [0.15, 0.2) is 35.8 Å². The maximum absolute atomic E-state index is 11.2. The Kier molecular flexibility index (Phi) is 2.83. The van der Waals surface area contributed by atoms with Gasteiger partial charge in [0, 0.05) is 17.5 Å². The van der Waals surface area contributed by atoms with Gasteiger partial charge in [0.1, 0.15) is 5.82 Å². The van der Waals surface area contributed by atoms with E-state index in [4.69, 9.17) is 0 Å². The fourth-order valence-electron chi connectivity index (χ4n) is 2.10. The van der Waals surface area contributed by atoms with Gasteiger partial charge in [0.25, 0.3) is 0 Å². The van der Waals surface area contributed by atoms with E-state index < -0.39 is 5.97 Å². The number of thiophene rings is 1. The molecule has 1 N–H and O–H groups in total. The lowest BCUT2D eigenvalue weighted by Gasteiger charge is -2.01. The molecule has 0 aliphatic heterocycles. The third kappa shape index (κ3) is 2.13. The highest BCUT2D eigenvalue weighted by Gasteiger charge is 2.16. The Morgan fingerprint density at radius 1 is 1.42 bits per heavy atom. The van der Waals surface area contributed by atoms with Crippen molar-refractivity contribution in [3.05, 3.63) is 57.8 Å². The summed E-state index contributed by atoms with van der Waals surface area (Å²) >= 11 is 1.65. The first kappa shape index (κ1) is 11.9. The zero-order chi connectivity index (χ0) is 13.4. The molecule has 0 spiro atoms. The van der Waals surface area contributed by atoms with Crippen LogP contribution in [0.5, 0.6) is 0 Å². The van der Waals surface area contributed by atoms with Crippen LogP contribution in [0.3, 0.4) is 0 Å². The number of aromatic nitrogens is 2. The predicted molar refractivity (Wildman–Crippen MR) is 74.0 cm³/mol. The number of carboxylic acids is 1. The van der Waals surface area contributed by atoms with Gasteiger partial charge in [0.05, 0.1) is 5.52 Å². The molecule has 0 aromatic carbocycles. The van der Waals surface area contributed by atoms with Crippen LogP contribution in [-0.2, 0) is 6.42 Å². The number of imidazole rings is 1. The maximum Gasteiger partial charge on any atom is 0.356 e. The summed E-state index contributed by atoms with van der Waals surface area (Å²) in [4.78, 5) is 16.7. The number of hydrogen-bond donors (Lipinski definition) is 1. The Labute approximate surface area is 114 Å². The number of carboxylic acid groups (broad SMARTS) is 1. The highest BCUT2D eigenvalue weighted by atomic mass is 32.1. The van der Waals surface area contributed by atoms with E-state index in [1.54, 1.807) is 11.3 Å². The van der Waals surface area contributed by atoms with Crippen LogP contribution in [-0.4, -0.2) is 20.5 Å². The quantitative estimate of drug-likeness (QED) is 0.797. The minimum atomic E-state index is -0.987. The first-order valence-corrected chi connectivity index (χ1v) is 6.76. The molecule has 0 fully saturated rings. The van der Waals surface area contributed by atoms with Crippen molar-refractivity contribution >= 4 is 22.8 Å². The first-order chi connectivity index (χ1) is 9.15. The minimum Gasteiger partial charge on any atom is -0.476 e. The largest absolute Gasteiger partial charge is 0.476 e. The Bertz CT molecular complexity index is 744. The van der Waals surface area contributed by atoms with Crippen LogP contribution >= 0.6 is 11.3 Å². The van der Waals surface area contributed by atoms with E-state index in [0.29, 0.717) is 11.9 Å². The van der Waals surface area contributed by atoms with Crippen molar-refractivity contribution in [1.29, 1.82) is 0 Å². The molecule has 0 unspecified atom stereocenters. The number of rotatable bonds is 3. The summed E-state index contributed by atoms with van der Waals surface area (Å²) in [6.45, 7) is 1.98. The smallest absolute Gasteiger partial charge is 0.356 e. The molecule has 0 saturated carbocycles. The monoisotopic (exact) mass is 272 g/mol. The lowest BCUT2D eigenvalue weighted by molar-refractivity contribution is 0.0693. The summed E-state index contributed by atoms with van der Waals surface area (Å²) in [7, 11) is 0. The molecule has 96 valence electrons. The van der Waals surface area contributed by atoms with Gasteiger partial charge in [-0.2, -0.15) is 0 Å². The Hall–Kier alpha value is -2.14. The molecule has 3 aromatic rings. The zero-order valence-corrected chi connectivity index (χ0v) is 11.1. The number of carbonyl (C=O) groups is 1. The lowest BCUT2D eigenvalue weighted by Crippen LogP contribution is -1.97. The molecule has 3 heterocycles. The van der Waals surface area contributed by atoms with E-state index in [2.05, 4.69) is 4.98 Å². The van der Waals surface area contributed by atoms with E-state index in [1.807, 2.05) is 47.2 Å². The first-order valence-electron chi connectivity index (χ1n) is 5.88. The lowest BCUT2D eigenvalue weighted by atomic mass is 10.2. The molecule has 19 heavy (non-hydrogen) atoms. The maximum atomic E-state index is 11.2. The molecule has 0 aliphatic carbocycles. The summed E-state index contributed by atoms with van der Waals surface area (Å²) in [5.41, 5.74) is 1.84. The minimum absolute atomic E-state index is 0.117. The molecule has 0 atom stereocenters. The van der Waals surface area contributed by atoms with Gasteiger partial charge in [-0.3, -0.25) is 0 Å². The van der Waals surface area contributed by atoms with E-state index in [1.165, 1.54) is 4.88 Å². The molecule has 0 aliphatic rings. The van der Waals surface area contributed by atoms with Crippen LogP contribution in [0.25, 0.3) is 5.52 Å². The second kappa shape index (κ2) is 4.51. The summed E-state index contributed by atoms with van der Waals surface area (Å²) in [6.07, 6.45) is 2.58. The van der Waals surface area contributed by atoms with E-state index in [9.17, 15) is 9.90 Å². The number of aromatic carboxylic acids is 1. The highest BCUT2D eigenvalue weighted by Crippen LogP contribution is 2.19. The van der Waals surface area contributed by atoms with Gasteiger partial charge in [0.2, 0.25) is 0 Å². The summed E-state index contributed by atoms with van der Waals surface area (Å²) in [6, 6.07) is 7.73. The number of hydrogen-bond acceptors (Lipinski definition) is 3. The highest BCUT2D eigenvalue weighted by molar-refractivity contribution is 7.09. The van der Waals surface area contributed by atoms with Gasteiger partial charge in [-0.1, -0.05) is 12.1 Å². The van der Waals surface area contributed by atoms with Crippen molar-refractivity contribution in [2.45, 2.75) is 13.3 Å². The predicted octanol–water partition coefficient (Wildman–Crippen LogP) is 2.99. The van der Waals surface area contributed by atoms with Gasteiger partial charge in [-0.25, -0.2) is 9.78 Å². The van der Waals surface area contributed by atoms with Gasteiger partial charge < -0.3 is 9.51 Å². The standard InChI is InChI=1S/C14H12N2O2S/c1-9-4-5-11-13(14(17)18)15-12(16(11)8-9)7-10-3-2-6-19-10/h2-6,8H,7H2,1H3,(H,17,18). The second-order valence-electron chi connectivity index (χ2n) is 4.40. The van der Waals surface area contributed by atoms with Gasteiger partial charge in [-0.05, 0) is 30.0 Å². The summed E-state index contributed by atoms with van der Waals surface area (Å²) in [5, 5.41) is 11.2. The van der Waals surface area contributed by atoms with Gasteiger partial charge >= 0.3 is 5.97 Å². The third-order valence-corrected chi connectivity index (χ3v) is 3.85. The molecule has 0 bridgehead atoms. The second-order valence-corrected chi connectivity index (χ2v) is 5.43. The summed E-state index contributed by atoms with van der Waals surface area (Å²) in [5.74, 6) is -0.225. The number of pyridine rings is 1. The number of fused-ring (bicyclic) bond motifs is 1. The average molecular weight is 272 g/mol. The summed E-state index contributed by atoms with van der Waals surface area (Å²) < 4.78 is 1.87. The van der Waals surface area contributed by atoms with Crippen LogP contribution in [0.4, 0.5) is 0 Å². The van der Waals surface area contributed by atoms with Gasteiger partial charge in [-0.15, -0.1) is 11.3 Å². The number of nitrogens with zero attached hydrogens (tertiary/aromatic N) is 2. The Balaban J connectivity index is 2.17. The van der Waals surface area contributed by atoms with Gasteiger partial charge in [0.15, 0.2) is 5.69 Å². The van der Waals surface area contributed by atoms with E-state index in [0.717, 1.165) is 11.4 Å². The molecular weight excluding hydrogens is 260 g/mol. The van der Waals surface area contributed by atoms with E-state index in [-0.39, 0.29) is 5.69 Å². The van der Waals surface area contributed by atoms with Crippen LogP contribution in [0.2, 0.25) is 0 Å². The van der Waals surface area contributed by atoms with Crippen molar-refractivity contribution in [3.63, 3.8) is 0 Å². The molecular formula is C14H12N2O2S. The van der Waals surface area contributed by atoms with Crippen molar-refractivity contribution in [2.24, 2.45) is 0 Å². The molecule has 3 aromatic heterocycles. The molecule has 0 radical (unpaired) electrons. The van der Waals surface area contributed by atoms with Crippen molar-refractivity contribution in [2.75, 3.05) is 0 Å². The van der Waals surface area contributed by atoms with Crippen LogP contribution in [0, 0.1) is 6.92 Å². The van der Waals surface area contributed by atoms with Crippen LogP contribution < -0.4 is 0 Å². The fraction of sp³-hybridized carbons (Fsp3) is 0.143. The Morgan fingerprint density at radius 3 is 2.95 bits per heavy atom. The van der Waals surface area contributed by atoms with Crippen molar-refractivity contribution < 1.29 is 9.90 Å². The van der Waals surface area contributed by atoms with Crippen molar-refractivity contribution in [1.82, 2.24) is 9.38 Å². The topological polar surface area (TPSA) is 54.6 Å². The number of aryl methyl sites for hydroxylation is 1. The third-order valence-electron chi connectivity index (χ3n) is 2.97.